The van der Waals surface area contributed by atoms with E-state index in [2.05, 4.69) is 10.4 Å². The minimum atomic E-state index is -1.32. The molecule has 0 aliphatic carbocycles. The zero-order valence-corrected chi connectivity index (χ0v) is 15.4. The summed E-state index contributed by atoms with van der Waals surface area (Å²) < 4.78 is 6.78. The number of benzene rings is 2. The molecule has 0 saturated carbocycles. The molecular weight excluding hydrogens is 380 g/mol. The average Bonchev–Trinajstić information content (AvgIpc) is 3.05. The Morgan fingerprint density at radius 1 is 1.24 bits per heavy atom. The molecular formula is C19H16N4O6. The highest BCUT2D eigenvalue weighted by molar-refractivity contribution is 6.10. The zero-order valence-electron chi connectivity index (χ0n) is 15.4. The minimum Gasteiger partial charge on any atom is -0.477 e. The van der Waals surface area contributed by atoms with Crippen LogP contribution in [0.25, 0.3) is 0 Å². The highest BCUT2D eigenvalue weighted by atomic mass is 16.6. The topological polar surface area (TPSA) is 137 Å². The number of carbonyl (C=O) groups is 2. The normalized spacial score (nSPS) is 10.4. The highest BCUT2D eigenvalue weighted by Crippen LogP contribution is 2.31. The molecule has 0 aliphatic rings. The molecule has 0 radical (unpaired) electrons. The molecule has 10 heteroatoms. The van der Waals surface area contributed by atoms with E-state index >= 15 is 0 Å². The fourth-order valence-corrected chi connectivity index (χ4v) is 2.67. The second-order valence-electron chi connectivity index (χ2n) is 6.13. The molecule has 1 heterocycles. The number of carboxylic acids is 1. The number of hydrogen-bond donors (Lipinski definition) is 2. The monoisotopic (exact) mass is 396 g/mol. The summed E-state index contributed by atoms with van der Waals surface area (Å²) in [6, 6.07) is 10.9. The summed E-state index contributed by atoms with van der Waals surface area (Å²) in [6.45, 7) is 1.82. The summed E-state index contributed by atoms with van der Waals surface area (Å²) >= 11 is 0. The number of aromatic carboxylic acids is 1. The number of anilines is 1. The lowest BCUT2D eigenvalue weighted by Crippen LogP contribution is -2.17. The lowest BCUT2D eigenvalue weighted by Gasteiger charge is -2.11. The number of aryl methyl sites for hydroxylation is 2. The van der Waals surface area contributed by atoms with Crippen molar-refractivity contribution in [3.05, 3.63) is 75.6 Å². The first-order valence-corrected chi connectivity index (χ1v) is 8.36. The molecule has 1 aromatic heterocycles. The second-order valence-corrected chi connectivity index (χ2v) is 6.13. The Bertz CT molecular complexity index is 1120. The van der Waals surface area contributed by atoms with Gasteiger partial charge in [0, 0.05) is 19.2 Å². The molecule has 0 atom stereocenters. The van der Waals surface area contributed by atoms with E-state index in [0.717, 1.165) is 22.5 Å². The molecule has 0 saturated heterocycles. The fraction of sp³-hybridized carbons (Fsp3) is 0.105. The molecule has 3 rings (SSSR count). The van der Waals surface area contributed by atoms with Crippen LogP contribution in [0.2, 0.25) is 0 Å². The largest absolute Gasteiger partial charge is 0.477 e. The van der Waals surface area contributed by atoms with Gasteiger partial charge in [-0.05, 0) is 18.6 Å². The molecule has 0 fully saturated rings. The summed E-state index contributed by atoms with van der Waals surface area (Å²) in [4.78, 5) is 34.5. The van der Waals surface area contributed by atoms with Crippen LogP contribution < -0.4 is 10.1 Å². The van der Waals surface area contributed by atoms with Gasteiger partial charge in [0.05, 0.1) is 28.4 Å². The van der Waals surface area contributed by atoms with Crippen molar-refractivity contribution in [3.63, 3.8) is 0 Å². The Morgan fingerprint density at radius 2 is 1.97 bits per heavy atom. The van der Waals surface area contributed by atoms with Crippen LogP contribution in [-0.2, 0) is 7.05 Å². The number of carboxylic acid groups (broad SMARTS) is 1. The number of aromatic nitrogens is 2. The van der Waals surface area contributed by atoms with Gasteiger partial charge in [-0.3, -0.25) is 19.6 Å². The Kier molecular flexibility index (Phi) is 5.26. The van der Waals surface area contributed by atoms with Crippen molar-refractivity contribution in [2.75, 3.05) is 5.32 Å². The van der Waals surface area contributed by atoms with Crippen molar-refractivity contribution in [1.29, 1.82) is 0 Å². The van der Waals surface area contributed by atoms with Crippen LogP contribution in [0.3, 0.4) is 0 Å². The van der Waals surface area contributed by atoms with Gasteiger partial charge in [0.1, 0.15) is 11.5 Å². The predicted octanol–water partition coefficient (Wildman–Crippen LogP) is 3.38. The van der Waals surface area contributed by atoms with Crippen LogP contribution in [-0.4, -0.2) is 31.7 Å². The van der Waals surface area contributed by atoms with Gasteiger partial charge in [0.25, 0.3) is 11.6 Å². The van der Waals surface area contributed by atoms with E-state index in [1.165, 1.54) is 19.2 Å². The number of nitrogens with one attached hydrogen (secondary N) is 1. The first-order valence-electron chi connectivity index (χ1n) is 8.36. The van der Waals surface area contributed by atoms with E-state index in [0.29, 0.717) is 5.75 Å². The van der Waals surface area contributed by atoms with Crippen LogP contribution in [0.1, 0.15) is 26.4 Å². The number of amides is 1. The van der Waals surface area contributed by atoms with Crippen LogP contribution in [0, 0.1) is 17.0 Å². The highest BCUT2D eigenvalue weighted by Gasteiger charge is 2.22. The number of carbonyl (C=O) groups excluding carboxylic acids is 1. The average molecular weight is 396 g/mol. The van der Waals surface area contributed by atoms with Gasteiger partial charge < -0.3 is 15.2 Å². The summed E-state index contributed by atoms with van der Waals surface area (Å²) in [5, 5.41) is 26.8. The van der Waals surface area contributed by atoms with E-state index in [1.54, 1.807) is 12.1 Å². The van der Waals surface area contributed by atoms with E-state index in [4.69, 9.17) is 4.74 Å². The lowest BCUT2D eigenvalue weighted by atomic mass is 10.2. The first-order chi connectivity index (χ1) is 13.8. The fourth-order valence-electron chi connectivity index (χ4n) is 2.67. The van der Waals surface area contributed by atoms with E-state index < -0.39 is 16.8 Å². The Balaban J connectivity index is 1.94. The van der Waals surface area contributed by atoms with Gasteiger partial charge in [-0.15, -0.1) is 0 Å². The third kappa shape index (κ3) is 4.21. The predicted molar refractivity (Wildman–Crippen MR) is 102 cm³/mol. The van der Waals surface area contributed by atoms with Crippen molar-refractivity contribution < 1.29 is 24.4 Å². The van der Waals surface area contributed by atoms with Crippen molar-refractivity contribution in [3.8, 4) is 11.5 Å². The number of rotatable bonds is 6. The van der Waals surface area contributed by atoms with Gasteiger partial charge in [0.15, 0.2) is 5.69 Å². The summed E-state index contributed by atoms with van der Waals surface area (Å²) in [7, 11) is 1.39. The minimum absolute atomic E-state index is 0.0768. The number of ether oxygens (including phenoxy) is 1. The molecule has 0 aliphatic heterocycles. The number of para-hydroxylation sites is 1. The van der Waals surface area contributed by atoms with Gasteiger partial charge in [-0.25, -0.2) is 4.79 Å². The van der Waals surface area contributed by atoms with Crippen LogP contribution in [0.15, 0.2) is 48.7 Å². The third-order valence-corrected chi connectivity index (χ3v) is 4.07. The van der Waals surface area contributed by atoms with Crippen molar-refractivity contribution in [2.45, 2.75) is 6.92 Å². The molecule has 2 aromatic carbocycles. The molecule has 29 heavy (non-hydrogen) atoms. The molecule has 148 valence electrons. The van der Waals surface area contributed by atoms with Gasteiger partial charge in [-0.1, -0.05) is 18.2 Å². The molecule has 10 nitrogen and oxygen atoms in total. The van der Waals surface area contributed by atoms with E-state index in [9.17, 15) is 24.8 Å². The number of nitro benzene ring substituents is 1. The number of hydrogen-bond acceptors (Lipinski definition) is 6. The quantitative estimate of drug-likeness (QED) is 0.481. The van der Waals surface area contributed by atoms with Crippen LogP contribution in [0.5, 0.6) is 11.5 Å². The van der Waals surface area contributed by atoms with Gasteiger partial charge in [-0.2, -0.15) is 5.10 Å². The van der Waals surface area contributed by atoms with Crippen molar-refractivity contribution in [2.24, 2.45) is 7.05 Å². The molecule has 3 aromatic rings. The molecule has 1 amide bonds. The lowest BCUT2D eigenvalue weighted by molar-refractivity contribution is -0.384. The van der Waals surface area contributed by atoms with Crippen molar-refractivity contribution >= 4 is 23.3 Å². The van der Waals surface area contributed by atoms with E-state index in [1.807, 2.05) is 19.1 Å². The van der Waals surface area contributed by atoms with Gasteiger partial charge >= 0.3 is 5.97 Å². The van der Waals surface area contributed by atoms with Crippen molar-refractivity contribution in [1.82, 2.24) is 9.78 Å². The molecule has 0 unspecified atom stereocenters. The Hall–Kier alpha value is -4.21. The maximum absolute atomic E-state index is 12.5. The Labute approximate surface area is 164 Å². The number of non-ortho nitro benzene ring substituents is 1. The Morgan fingerprint density at radius 3 is 2.62 bits per heavy atom. The first kappa shape index (κ1) is 19.5. The molecule has 0 bridgehead atoms. The van der Waals surface area contributed by atoms with Crippen LogP contribution in [0.4, 0.5) is 11.4 Å². The maximum atomic E-state index is 12.5. The molecule has 2 N–H and O–H groups in total. The van der Waals surface area contributed by atoms with Crippen LogP contribution >= 0.6 is 0 Å². The summed E-state index contributed by atoms with van der Waals surface area (Å²) in [5.41, 5.74) is 0.132. The SMILES string of the molecule is Cc1ccccc1Oc1cc(NC(=O)c2cnn(C)c2C(=O)O)cc([N+](=O)[O-])c1. The number of nitrogens with zero attached hydrogens (tertiary/aromatic N) is 3. The number of nitro groups is 1. The standard InChI is InChI=1S/C19H16N4O6/c1-11-5-3-4-6-16(11)29-14-8-12(7-13(9-14)23(27)28)21-18(24)15-10-20-22(2)17(15)19(25)26/h3-10H,1-2H3,(H,21,24)(H,25,26). The van der Waals surface area contributed by atoms with Gasteiger partial charge in [0.2, 0.25) is 0 Å². The smallest absolute Gasteiger partial charge is 0.354 e. The summed E-state index contributed by atoms with van der Waals surface area (Å²) in [6.07, 6.45) is 1.11. The third-order valence-electron chi connectivity index (χ3n) is 4.07. The zero-order chi connectivity index (χ0) is 21.1. The summed E-state index contributed by atoms with van der Waals surface area (Å²) in [5.74, 6) is -1.44. The second kappa shape index (κ2) is 7.80. The maximum Gasteiger partial charge on any atom is 0.354 e. The molecule has 0 spiro atoms. The van der Waals surface area contributed by atoms with E-state index in [-0.39, 0.29) is 28.4 Å².